The largest absolute Gasteiger partial charge is 0.403 e. The minimum Gasteiger partial charge on any atom is -0.403 e. The molecule has 3 nitrogen and oxygen atoms in total. The molecule has 86 valence electrons. The summed E-state index contributed by atoms with van der Waals surface area (Å²) in [6.45, 7) is 7.29. The zero-order valence-electron chi connectivity index (χ0n) is 8.95. The predicted molar refractivity (Wildman–Crippen MR) is 71.3 cm³/mol. The normalized spacial score (nSPS) is 18.3. The number of hydrogen-bond acceptors (Lipinski definition) is 5. The highest BCUT2D eigenvalue weighted by molar-refractivity contribution is 8.23. The van der Waals surface area contributed by atoms with Gasteiger partial charge in [-0.3, -0.25) is 0 Å². The first-order chi connectivity index (χ1) is 7.22. The average molecular weight is 245 g/mol. The summed E-state index contributed by atoms with van der Waals surface area (Å²) in [5, 5.41) is 0.598. The van der Waals surface area contributed by atoms with Crippen molar-refractivity contribution in [1.82, 2.24) is 4.90 Å². The fourth-order valence-electron chi connectivity index (χ4n) is 1.52. The lowest BCUT2D eigenvalue weighted by Gasteiger charge is -2.14. The number of likely N-dealkylation sites (tertiary alicyclic amines) is 1. The molecular formula is C10H19N3S2. The molecule has 0 saturated carbocycles. The number of thioether (sulfide) groups is 2. The Balaban J connectivity index is 2.14. The molecule has 1 aliphatic heterocycles. The van der Waals surface area contributed by atoms with Crippen LogP contribution in [0.2, 0.25) is 0 Å². The lowest BCUT2D eigenvalue weighted by molar-refractivity contribution is 0.362. The maximum Gasteiger partial charge on any atom is 0.0636 e. The molecule has 1 saturated heterocycles. The molecule has 15 heavy (non-hydrogen) atoms. The molecule has 1 fully saturated rings. The molecule has 1 aliphatic rings. The van der Waals surface area contributed by atoms with Crippen LogP contribution < -0.4 is 11.5 Å². The maximum atomic E-state index is 5.51. The van der Waals surface area contributed by atoms with Crippen LogP contribution in [-0.2, 0) is 0 Å². The molecular weight excluding hydrogens is 226 g/mol. The van der Waals surface area contributed by atoms with Gasteiger partial charge in [0.25, 0.3) is 0 Å². The summed E-state index contributed by atoms with van der Waals surface area (Å²) >= 11 is 3.20. The van der Waals surface area contributed by atoms with Crippen molar-refractivity contribution in [2.75, 3.05) is 25.4 Å². The van der Waals surface area contributed by atoms with Crippen LogP contribution in [0, 0.1) is 0 Å². The standard InChI is InChI=1S/C10H19N3S2/c1-9(12)15-10(8-11)14-7-6-13-4-2-3-5-13/h8H,1-7,11-12H2/b10-8-. The summed E-state index contributed by atoms with van der Waals surface area (Å²) in [6.07, 6.45) is 4.30. The zero-order chi connectivity index (χ0) is 11.1. The van der Waals surface area contributed by atoms with Crippen molar-refractivity contribution in [2.45, 2.75) is 12.8 Å². The molecule has 5 heteroatoms. The molecule has 0 atom stereocenters. The first-order valence-electron chi connectivity index (χ1n) is 5.11. The Morgan fingerprint density at radius 3 is 2.60 bits per heavy atom. The van der Waals surface area contributed by atoms with Crippen molar-refractivity contribution in [3.8, 4) is 0 Å². The molecule has 0 spiro atoms. The van der Waals surface area contributed by atoms with E-state index in [1.807, 2.05) is 0 Å². The van der Waals surface area contributed by atoms with E-state index in [9.17, 15) is 0 Å². The van der Waals surface area contributed by atoms with Gasteiger partial charge in [-0.2, -0.15) is 0 Å². The van der Waals surface area contributed by atoms with Crippen molar-refractivity contribution in [3.05, 3.63) is 22.0 Å². The monoisotopic (exact) mass is 245 g/mol. The molecule has 0 radical (unpaired) electrons. The van der Waals surface area contributed by atoms with E-state index in [0.717, 1.165) is 16.5 Å². The van der Waals surface area contributed by atoms with Gasteiger partial charge in [0.05, 0.1) is 9.27 Å². The third-order valence-corrected chi connectivity index (χ3v) is 4.23. The number of rotatable bonds is 6. The van der Waals surface area contributed by atoms with Crippen molar-refractivity contribution in [1.29, 1.82) is 0 Å². The molecule has 0 aromatic heterocycles. The van der Waals surface area contributed by atoms with Gasteiger partial charge in [0.1, 0.15) is 0 Å². The summed E-state index contributed by atoms with van der Waals surface area (Å²) < 4.78 is 1.04. The second-order valence-electron chi connectivity index (χ2n) is 3.45. The number of nitrogens with two attached hydrogens (primary N) is 2. The minimum atomic E-state index is 0.598. The van der Waals surface area contributed by atoms with Crippen LogP contribution in [0.3, 0.4) is 0 Å². The van der Waals surface area contributed by atoms with E-state index < -0.39 is 0 Å². The Kier molecular flexibility index (Phi) is 6.05. The van der Waals surface area contributed by atoms with Crippen LogP contribution in [-0.4, -0.2) is 30.3 Å². The molecule has 0 aromatic carbocycles. The van der Waals surface area contributed by atoms with Crippen molar-refractivity contribution < 1.29 is 0 Å². The SMILES string of the molecule is C=C(N)S/C(=C\N)SCCN1CCCC1. The van der Waals surface area contributed by atoms with Gasteiger partial charge in [-0.25, -0.2) is 0 Å². The second kappa shape index (κ2) is 7.09. The van der Waals surface area contributed by atoms with Crippen LogP contribution in [0.5, 0.6) is 0 Å². The van der Waals surface area contributed by atoms with E-state index in [0.29, 0.717) is 5.03 Å². The smallest absolute Gasteiger partial charge is 0.0636 e. The highest BCUT2D eigenvalue weighted by Crippen LogP contribution is 2.30. The second-order valence-corrected chi connectivity index (χ2v) is 6.01. The molecule has 0 unspecified atom stereocenters. The third kappa shape index (κ3) is 5.39. The first-order valence-corrected chi connectivity index (χ1v) is 6.92. The fourth-order valence-corrected chi connectivity index (χ4v) is 3.30. The summed E-state index contributed by atoms with van der Waals surface area (Å²) in [5.74, 6) is 1.07. The molecule has 0 bridgehead atoms. The van der Waals surface area contributed by atoms with Crippen molar-refractivity contribution in [3.63, 3.8) is 0 Å². The van der Waals surface area contributed by atoms with Gasteiger partial charge < -0.3 is 16.4 Å². The van der Waals surface area contributed by atoms with Gasteiger partial charge in [-0.15, -0.1) is 11.8 Å². The summed E-state index contributed by atoms with van der Waals surface area (Å²) in [6, 6.07) is 0. The highest BCUT2D eigenvalue weighted by atomic mass is 32.2. The topological polar surface area (TPSA) is 55.3 Å². The Hall–Kier alpha value is -0.260. The van der Waals surface area contributed by atoms with Crippen LogP contribution in [0.1, 0.15) is 12.8 Å². The van der Waals surface area contributed by atoms with Gasteiger partial charge in [-0.1, -0.05) is 18.3 Å². The Morgan fingerprint density at radius 1 is 1.40 bits per heavy atom. The van der Waals surface area contributed by atoms with E-state index in [2.05, 4.69) is 11.5 Å². The lowest BCUT2D eigenvalue weighted by atomic mass is 10.4. The Bertz CT molecular complexity index is 235. The van der Waals surface area contributed by atoms with E-state index >= 15 is 0 Å². The Labute approximate surface area is 100 Å². The van der Waals surface area contributed by atoms with Crippen LogP contribution in [0.15, 0.2) is 22.0 Å². The maximum absolute atomic E-state index is 5.51. The van der Waals surface area contributed by atoms with Gasteiger partial charge in [0.15, 0.2) is 0 Å². The minimum absolute atomic E-state index is 0.598. The summed E-state index contributed by atoms with van der Waals surface area (Å²) in [4.78, 5) is 2.49. The van der Waals surface area contributed by atoms with Crippen LogP contribution >= 0.6 is 23.5 Å². The summed E-state index contributed by atoms with van der Waals surface area (Å²) in [7, 11) is 0. The van der Waals surface area contributed by atoms with Gasteiger partial charge >= 0.3 is 0 Å². The average Bonchev–Trinajstić information content (AvgIpc) is 2.68. The Morgan fingerprint density at radius 2 is 2.07 bits per heavy atom. The van der Waals surface area contributed by atoms with E-state index in [-0.39, 0.29) is 0 Å². The summed E-state index contributed by atoms with van der Waals surface area (Å²) in [5.41, 5.74) is 11.0. The predicted octanol–water partition coefficient (Wildman–Crippen LogP) is 1.74. The fraction of sp³-hybridized carbons (Fsp3) is 0.600. The molecule has 1 rings (SSSR count). The molecule has 4 N–H and O–H groups in total. The third-order valence-electron chi connectivity index (χ3n) is 2.22. The van der Waals surface area contributed by atoms with E-state index in [1.54, 1.807) is 18.0 Å². The lowest BCUT2D eigenvalue weighted by Crippen LogP contribution is -2.21. The zero-order valence-corrected chi connectivity index (χ0v) is 10.6. The van der Waals surface area contributed by atoms with Crippen molar-refractivity contribution in [2.24, 2.45) is 11.5 Å². The van der Waals surface area contributed by atoms with Crippen molar-refractivity contribution >= 4 is 23.5 Å². The highest BCUT2D eigenvalue weighted by Gasteiger charge is 2.11. The van der Waals surface area contributed by atoms with Gasteiger partial charge in [0.2, 0.25) is 0 Å². The molecule has 0 aromatic rings. The van der Waals surface area contributed by atoms with E-state index in [4.69, 9.17) is 11.5 Å². The van der Waals surface area contributed by atoms with Gasteiger partial charge in [-0.05, 0) is 25.9 Å². The molecule has 1 heterocycles. The first kappa shape index (κ1) is 12.8. The van der Waals surface area contributed by atoms with E-state index in [1.165, 1.54) is 37.7 Å². The van der Waals surface area contributed by atoms with Crippen LogP contribution in [0.25, 0.3) is 0 Å². The molecule has 0 aliphatic carbocycles. The quantitative estimate of drug-likeness (QED) is 0.746. The van der Waals surface area contributed by atoms with Crippen LogP contribution in [0.4, 0.5) is 0 Å². The molecule has 0 amide bonds. The number of hydrogen-bond donors (Lipinski definition) is 2. The van der Waals surface area contributed by atoms with Gasteiger partial charge in [0, 0.05) is 18.5 Å². The number of nitrogens with zero attached hydrogens (tertiary/aromatic N) is 1.